The van der Waals surface area contributed by atoms with Gasteiger partial charge in [0.2, 0.25) is 0 Å². The summed E-state index contributed by atoms with van der Waals surface area (Å²) < 4.78 is 1.71. The van der Waals surface area contributed by atoms with Gasteiger partial charge in [-0.05, 0) is 20.5 Å². The number of hydrogen-bond acceptors (Lipinski definition) is 4. The minimum Gasteiger partial charge on any atom is -0.383 e. The fraction of sp³-hybridized carbons (Fsp3) is 0.600. The Hall–Kier alpha value is -1.54. The first-order valence-electron chi connectivity index (χ1n) is 5.00. The third kappa shape index (κ3) is 2.48. The highest BCUT2D eigenvalue weighted by Crippen LogP contribution is 2.15. The number of likely N-dealkylation sites (N-methyl/N-ethyl adjacent to an activating group) is 1. The van der Waals surface area contributed by atoms with E-state index in [4.69, 9.17) is 11.0 Å². The number of nitriles is 1. The number of aromatic nitrogens is 2. The first-order valence-corrected chi connectivity index (χ1v) is 5.00. The Labute approximate surface area is 90.1 Å². The van der Waals surface area contributed by atoms with Gasteiger partial charge in [-0.3, -0.25) is 0 Å². The lowest BCUT2D eigenvalue weighted by Crippen LogP contribution is -2.20. The molecule has 2 N–H and O–H groups in total. The van der Waals surface area contributed by atoms with Gasteiger partial charge in [0.15, 0.2) is 0 Å². The summed E-state index contributed by atoms with van der Waals surface area (Å²) >= 11 is 0. The molecule has 0 aliphatic carbocycles. The number of nitrogen functional groups attached to an aromatic ring is 1. The summed E-state index contributed by atoms with van der Waals surface area (Å²) in [6, 6.07) is 2.10. The van der Waals surface area contributed by atoms with Crippen molar-refractivity contribution in [3.8, 4) is 6.07 Å². The van der Waals surface area contributed by atoms with E-state index in [1.807, 2.05) is 21.0 Å². The second-order valence-electron chi connectivity index (χ2n) is 3.70. The standard InChI is InChI=1S/C10H17N5/c1-4-9-8(7-11)10(12)15(13-9)6-5-14(2)3/h4-6,12H2,1-3H3. The van der Waals surface area contributed by atoms with Gasteiger partial charge in [0.25, 0.3) is 0 Å². The predicted molar refractivity (Wildman–Crippen MR) is 59.3 cm³/mol. The van der Waals surface area contributed by atoms with Crippen LogP contribution in [0.1, 0.15) is 18.2 Å². The molecule has 1 aromatic rings. The molecule has 1 heterocycles. The van der Waals surface area contributed by atoms with Crippen molar-refractivity contribution in [3.63, 3.8) is 0 Å². The molecule has 0 saturated heterocycles. The molecule has 0 atom stereocenters. The molecule has 5 heteroatoms. The first-order chi connectivity index (χ1) is 7.10. The summed E-state index contributed by atoms with van der Waals surface area (Å²) in [5, 5.41) is 13.2. The van der Waals surface area contributed by atoms with Gasteiger partial charge in [-0.2, -0.15) is 10.4 Å². The molecule has 82 valence electrons. The number of anilines is 1. The summed E-state index contributed by atoms with van der Waals surface area (Å²) in [7, 11) is 3.98. The van der Waals surface area contributed by atoms with Crippen LogP contribution in [0.15, 0.2) is 0 Å². The summed E-state index contributed by atoms with van der Waals surface area (Å²) in [5.41, 5.74) is 7.15. The van der Waals surface area contributed by atoms with Crippen LogP contribution < -0.4 is 5.73 Å². The highest BCUT2D eigenvalue weighted by Gasteiger charge is 2.13. The quantitative estimate of drug-likeness (QED) is 0.778. The molecule has 5 nitrogen and oxygen atoms in total. The average molecular weight is 207 g/mol. The summed E-state index contributed by atoms with van der Waals surface area (Å²) in [6.45, 7) is 3.55. The van der Waals surface area contributed by atoms with E-state index in [1.54, 1.807) is 4.68 Å². The normalized spacial score (nSPS) is 10.6. The lowest BCUT2D eigenvalue weighted by molar-refractivity contribution is 0.374. The molecule has 0 aliphatic heterocycles. The molecule has 0 saturated carbocycles. The van der Waals surface area contributed by atoms with Gasteiger partial charge in [-0.25, -0.2) is 4.68 Å². The van der Waals surface area contributed by atoms with E-state index in [0.717, 1.165) is 18.7 Å². The Bertz CT molecular complexity index is 372. The zero-order valence-corrected chi connectivity index (χ0v) is 9.49. The summed E-state index contributed by atoms with van der Waals surface area (Å²) in [6.07, 6.45) is 0.738. The monoisotopic (exact) mass is 207 g/mol. The number of nitrogens with two attached hydrogens (primary N) is 1. The molecule has 0 radical (unpaired) electrons. The highest BCUT2D eigenvalue weighted by molar-refractivity contribution is 5.52. The summed E-state index contributed by atoms with van der Waals surface area (Å²) in [4.78, 5) is 2.05. The van der Waals surface area contributed by atoms with E-state index >= 15 is 0 Å². The topological polar surface area (TPSA) is 70.9 Å². The minimum absolute atomic E-state index is 0.483. The molecule has 0 fully saturated rings. The zero-order valence-electron chi connectivity index (χ0n) is 9.49. The molecular formula is C10H17N5. The number of aryl methyl sites for hydroxylation is 1. The van der Waals surface area contributed by atoms with Crippen LogP contribution in [0.4, 0.5) is 5.82 Å². The van der Waals surface area contributed by atoms with Gasteiger partial charge in [0.1, 0.15) is 17.5 Å². The lowest BCUT2D eigenvalue weighted by Gasteiger charge is -2.09. The minimum atomic E-state index is 0.483. The molecule has 0 unspecified atom stereocenters. The third-order valence-corrected chi connectivity index (χ3v) is 2.27. The van der Waals surface area contributed by atoms with Crippen molar-refractivity contribution in [3.05, 3.63) is 11.3 Å². The Kier molecular flexibility index (Phi) is 3.69. The van der Waals surface area contributed by atoms with Crippen LogP contribution in [0, 0.1) is 11.3 Å². The largest absolute Gasteiger partial charge is 0.383 e. The van der Waals surface area contributed by atoms with Gasteiger partial charge in [0.05, 0.1) is 12.2 Å². The second kappa shape index (κ2) is 4.80. The maximum absolute atomic E-state index is 8.93. The van der Waals surface area contributed by atoms with Crippen molar-refractivity contribution in [1.29, 1.82) is 5.26 Å². The van der Waals surface area contributed by atoms with Gasteiger partial charge in [0, 0.05) is 6.54 Å². The number of nitrogens with zero attached hydrogens (tertiary/aromatic N) is 4. The summed E-state index contributed by atoms with van der Waals surface area (Å²) in [5.74, 6) is 0.483. The van der Waals surface area contributed by atoms with Crippen LogP contribution in [0.2, 0.25) is 0 Å². The Morgan fingerprint density at radius 3 is 2.60 bits per heavy atom. The molecule has 0 aliphatic rings. The molecule has 15 heavy (non-hydrogen) atoms. The predicted octanol–water partition coefficient (Wildman–Crippen LogP) is 0.461. The van der Waals surface area contributed by atoms with E-state index in [9.17, 15) is 0 Å². The number of rotatable bonds is 4. The smallest absolute Gasteiger partial charge is 0.140 e. The Morgan fingerprint density at radius 1 is 1.53 bits per heavy atom. The van der Waals surface area contributed by atoms with E-state index in [-0.39, 0.29) is 0 Å². The van der Waals surface area contributed by atoms with Crippen molar-refractivity contribution in [2.24, 2.45) is 0 Å². The highest BCUT2D eigenvalue weighted by atomic mass is 15.3. The molecular weight excluding hydrogens is 190 g/mol. The van der Waals surface area contributed by atoms with E-state index in [2.05, 4.69) is 16.1 Å². The second-order valence-corrected chi connectivity index (χ2v) is 3.70. The van der Waals surface area contributed by atoms with Crippen molar-refractivity contribution in [1.82, 2.24) is 14.7 Å². The SMILES string of the molecule is CCc1nn(CCN(C)C)c(N)c1C#N. The van der Waals surface area contributed by atoms with Gasteiger partial charge < -0.3 is 10.6 Å². The van der Waals surface area contributed by atoms with Crippen LogP contribution >= 0.6 is 0 Å². The zero-order chi connectivity index (χ0) is 11.4. The Balaban J connectivity index is 2.91. The fourth-order valence-electron chi connectivity index (χ4n) is 1.36. The third-order valence-electron chi connectivity index (χ3n) is 2.27. The van der Waals surface area contributed by atoms with Gasteiger partial charge >= 0.3 is 0 Å². The maximum Gasteiger partial charge on any atom is 0.140 e. The fourth-order valence-corrected chi connectivity index (χ4v) is 1.36. The van der Waals surface area contributed by atoms with E-state index in [0.29, 0.717) is 17.9 Å². The van der Waals surface area contributed by atoms with Crippen LogP contribution in [-0.4, -0.2) is 35.3 Å². The van der Waals surface area contributed by atoms with E-state index < -0.39 is 0 Å². The maximum atomic E-state index is 8.93. The molecule has 0 bridgehead atoms. The van der Waals surface area contributed by atoms with E-state index in [1.165, 1.54) is 0 Å². The van der Waals surface area contributed by atoms with Crippen LogP contribution in [-0.2, 0) is 13.0 Å². The van der Waals surface area contributed by atoms with Crippen LogP contribution in [0.5, 0.6) is 0 Å². The van der Waals surface area contributed by atoms with Crippen molar-refractivity contribution in [2.75, 3.05) is 26.4 Å². The van der Waals surface area contributed by atoms with Crippen molar-refractivity contribution >= 4 is 5.82 Å². The molecule has 0 spiro atoms. The van der Waals surface area contributed by atoms with Crippen molar-refractivity contribution < 1.29 is 0 Å². The van der Waals surface area contributed by atoms with Crippen LogP contribution in [0.3, 0.4) is 0 Å². The molecule has 1 aromatic heterocycles. The Morgan fingerprint density at radius 2 is 2.20 bits per heavy atom. The molecule has 1 rings (SSSR count). The lowest BCUT2D eigenvalue weighted by atomic mass is 10.2. The van der Waals surface area contributed by atoms with Crippen LogP contribution in [0.25, 0.3) is 0 Å². The van der Waals surface area contributed by atoms with Gasteiger partial charge in [-0.15, -0.1) is 0 Å². The average Bonchev–Trinajstić information content (AvgIpc) is 2.51. The van der Waals surface area contributed by atoms with Gasteiger partial charge in [-0.1, -0.05) is 6.92 Å². The molecule has 0 amide bonds. The molecule has 0 aromatic carbocycles. The van der Waals surface area contributed by atoms with Crippen molar-refractivity contribution in [2.45, 2.75) is 19.9 Å². The first kappa shape index (κ1) is 11.5. The number of hydrogen-bond donors (Lipinski definition) is 1.